The van der Waals surface area contributed by atoms with E-state index in [9.17, 15) is 4.79 Å². The van der Waals surface area contributed by atoms with Gasteiger partial charge in [0, 0.05) is 12.1 Å². The third kappa shape index (κ3) is 6.19. The van der Waals surface area contributed by atoms with Crippen molar-refractivity contribution in [3.8, 4) is 17.9 Å². The van der Waals surface area contributed by atoms with Gasteiger partial charge in [0.05, 0.1) is 37.2 Å². The maximum Gasteiger partial charge on any atom is 0.311 e. The van der Waals surface area contributed by atoms with Crippen LogP contribution in [-0.2, 0) is 13.1 Å². The predicted octanol–water partition coefficient (Wildman–Crippen LogP) is 3.49. The number of benzene rings is 2. The molecule has 10 nitrogen and oxygen atoms in total. The molecule has 34 heavy (non-hydrogen) atoms. The number of aryl methyl sites for hydroxylation is 2. The number of hydrogen-bond donors (Lipinski definition) is 3. The Hall–Kier alpha value is -4.67. The first-order valence-electron chi connectivity index (χ1n) is 10.3. The van der Waals surface area contributed by atoms with Gasteiger partial charge >= 0.3 is 5.56 Å². The maximum absolute atomic E-state index is 12.6. The van der Waals surface area contributed by atoms with E-state index in [0.717, 1.165) is 15.8 Å². The molecule has 0 aliphatic rings. The standard InChI is InChI=1S/C22H22N8O2.C2H4/c1-14-10-16(4-3-9-23)11-18(32-2)19(14)27-22-28-20(21(31)30(13-25)29-22)26-17-7-5-15(12-24)6-8-17;1-2/h5-8,10-11H,3-4,13,25H2,1-2H3,(H2,26,27,28,29);1-2H2. The molecule has 0 radical (unpaired) electrons. The molecule has 0 aliphatic carbocycles. The van der Waals surface area contributed by atoms with Crippen molar-refractivity contribution in [2.24, 2.45) is 5.73 Å². The highest BCUT2D eigenvalue weighted by molar-refractivity contribution is 5.68. The molecule has 0 fully saturated rings. The average molecular weight is 459 g/mol. The molecule has 3 aromatic rings. The molecule has 4 N–H and O–H groups in total. The Morgan fingerprint density at radius 3 is 2.47 bits per heavy atom. The Bertz CT molecular complexity index is 1270. The van der Waals surface area contributed by atoms with Gasteiger partial charge in [0.2, 0.25) is 11.8 Å². The minimum absolute atomic E-state index is 0.0277. The van der Waals surface area contributed by atoms with Gasteiger partial charge in [-0.25, -0.2) is 4.68 Å². The van der Waals surface area contributed by atoms with Gasteiger partial charge in [0.25, 0.3) is 0 Å². The fourth-order valence-corrected chi connectivity index (χ4v) is 3.09. The fraction of sp³-hybridized carbons (Fsp3) is 0.208. The number of aromatic nitrogens is 3. The highest BCUT2D eigenvalue weighted by atomic mass is 16.5. The van der Waals surface area contributed by atoms with Gasteiger partial charge in [-0.1, -0.05) is 6.07 Å². The summed E-state index contributed by atoms with van der Waals surface area (Å²) in [5, 5.41) is 28.0. The van der Waals surface area contributed by atoms with Crippen LogP contribution >= 0.6 is 0 Å². The number of nitrogens with two attached hydrogens (primary N) is 1. The van der Waals surface area contributed by atoms with Crippen LogP contribution in [0.1, 0.15) is 23.1 Å². The van der Waals surface area contributed by atoms with Crippen molar-refractivity contribution < 1.29 is 4.74 Å². The molecular weight excluding hydrogens is 432 g/mol. The third-order valence-corrected chi connectivity index (χ3v) is 4.66. The van der Waals surface area contributed by atoms with Crippen molar-refractivity contribution in [1.29, 1.82) is 10.5 Å². The summed E-state index contributed by atoms with van der Waals surface area (Å²) in [6.07, 6.45) is 1.02. The van der Waals surface area contributed by atoms with Crippen LogP contribution in [0.5, 0.6) is 5.75 Å². The van der Waals surface area contributed by atoms with Gasteiger partial charge in [0.1, 0.15) is 5.75 Å². The second kappa shape index (κ2) is 12.4. The lowest BCUT2D eigenvalue weighted by Crippen LogP contribution is -2.30. The largest absolute Gasteiger partial charge is 0.495 e. The minimum atomic E-state index is -0.488. The lowest BCUT2D eigenvalue weighted by molar-refractivity contribution is 0.416. The smallest absolute Gasteiger partial charge is 0.311 e. The molecule has 3 rings (SSSR count). The summed E-state index contributed by atoms with van der Waals surface area (Å²) in [4.78, 5) is 16.9. The van der Waals surface area contributed by atoms with Crippen molar-refractivity contribution in [2.75, 3.05) is 17.7 Å². The van der Waals surface area contributed by atoms with E-state index in [1.165, 1.54) is 0 Å². The number of ether oxygens (including phenoxy) is 1. The van der Waals surface area contributed by atoms with E-state index in [1.807, 2.05) is 25.1 Å². The van der Waals surface area contributed by atoms with Gasteiger partial charge in [-0.05, 0) is 54.8 Å². The normalized spacial score (nSPS) is 9.68. The van der Waals surface area contributed by atoms with Gasteiger partial charge in [0.15, 0.2) is 0 Å². The molecule has 0 aliphatic heterocycles. The van der Waals surface area contributed by atoms with Crippen LogP contribution in [0.2, 0.25) is 0 Å². The Morgan fingerprint density at radius 1 is 1.18 bits per heavy atom. The summed E-state index contributed by atoms with van der Waals surface area (Å²) in [7, 11) is 1.55. The topological polar surface area (TPSA) is 155 Å². The van der Waals surface area contributed by atoms with Crippen LogP contribution in [-0.4, -0.2) is 21.9 Å². The summed E-state index contributed by atoms with van der Waals surface area (Å²) in [6.45, 7) is 7.76. The van der Waals surface area contributed by atoms with Crippen LogP contribution in [0.15, 0.2) is 54.4 Å². The van der Waals surface area contributed by atoms with E-state index >= 15 is 0 Å². The zero-order valence-corrected chi connectivity index (χ0v) is 19.1. The number of hydrogen-bond acceptors (Lipinski definition) is 9. The summed E-state index contributed by atoms with van der Waals surface area (Å²) in [6, 6.07) is 14.6. The summed E-state index contributed by atoms with van der Waals surface area (Å²) >= 11 is 0. The molecule has 0 atom stereocenters. The van der Waals surface area contributed by atoms with Crippen molar-refractivity contribution in [3.05, 3.63) is 76.6 Å². The van der Waals surface area contributed by atoms with E-state index in [-0.39, 0.29) is 18.4 Å². The lowest BCUT2D eigenvalue weighted by Gasteiger charge is -2.16. The molecule has 0 unspecified atom stereocenters. The molecule has 10 heteroatoms. The van der Waals surface area contributed by atoms with Crippen LogP contribution in [0.4, 0.5) is 23.1 Å². The first-order chi connectivity index (χ1) is 16.5. The maximum atomic E-state index is 12.6. The predicted molar refractivity (Wildman–Crippen MR) is 131 cm³/mol. The second-order valence-electron chi connectivity index (χ2n) is 6.86. The lowest BCUT2D eigenvalue weighted by atomic mass is 10.0. The number of nitriles is 2. The molecule has 0 saturated heterocycles. The zero-order chi connectivity index (χ0) is 25.1. The summed E-state index contributed by atoms with van der Waals surface area (Å²) in [5.41, 5.74) is 8.78. The Labute approximate surface area is 197 Å². The molecule has 1 aromatic heterocycles. The van der Waals surface area contributed by atoms with Gasteiger partial charge < -0.3 is 21.1 Å². The average Bonchev–Trinajstić information content (AvgIpc) is 2.87. The minimum Gasteiger partial charge on any atom is -0.495 e. The zero-order valence-electron chi connectivity index (χ0n) is 19.1. The second-order valence-corrected chi connectivity index (χ2v) is 6.86. The van der Waals surface area contributed by atoms with E-state index in [0.29, 0.717) is 35.5 Å². The van der Waals surface area contributed by atoms with Crippen molar-refractivity contribution in [1.82, 2.24) is 14.8 Å². The first kappa shape index (κ1) is 25.6. The Morgan fingerprint density at radius 2 is 1.88 bits per heavy atom. The molecule has 0 spiro atoms. The molecular formula is C24H26N8O2. The number of nitrogens with one attached hydrogen (secondary N) is 2. The van der Waals surface area contributed by atoms with E-state index in [2.05, 4.69) is 39.9 Å². The van der Waals surface area contributed by atoms with E-state index < -0.39 is 5.56 Å². The van der Waals surface area contributed by atoms with Crippen molar-refractivity contribution in [2.45, 2.75) is 26.4 Å². The first-order valence-corrected chi connectivity index (χ1v) is 10.3. The van der Waals surface area contributed by atoms with Crippen LogP contribution in [0.3, 0.4) is 0 Å². The highest BCUT2D eigenvalue weighted by Gasteiger charge is 2.15. The Kier molecular flexibility index (Phi) is 9.32. The van der Waals surface area contributed by atoms with Crippen molar-refractivity contribution >= 4 is 23.1 Å². The highest BCUT2D eigenvalue weighted by Crippen LogP contribution is 2.32. The van der Waals surface area contributed by atoms with Crippen LogP contribution in [0, 0.1) is 29.6 Å². The number of nitrogens with zero attached hydrogens (tertiary/aromatic N) is 5. The molecule has 0 bridgehead atoms. The fourth-order valence-electron chi connectivity index (χ4n) is 3.09. The molecule has 174 valence electrons. The van der Waals surface area contributed by atoms with Gasteiger partial charge in [-0.2, -0.15) is 15.5 Å². The number of rotatable bonds is 8. The summed E-state index contributed by atoms with van der Waals surface area (Å²) < 4.78 is 6.60. The third-order valence-electron chi connectivity index (χ3n) is 4.66. The molecule has 0 amide bonds. The van der Waals surface area contributed by atoms with Crippen LogP contribution in [0.25, 0.3) is 0 Å². The number of anilines is 4. The van der Waals surface area contributed by atoms with Gasteiger partial charge in [-0.3, -0.25) is 4.79 Å². The Balaban J connectivity index is 0.00000199. The monoisotopic (exact) mass is 458 g/mol. The summed E-state index contributed by atoms with van der Waals surface area (Å²) in [5.74, 6) is 0.742. The quantitative estimate of drug-likeness (QED) is 0.430. The van der Waals surface area contributed by atoms with Crippen LogP contribution < -0.4 is 26.7 Å². The van der Waals surface area contributed by atoms with E-state index in [1.54, 1.807) is 31.4 Å². The number of methoxy groups -OCH3 is 1. The van der Waals surface area contributed by atoms with Crippen molar-refractivity contribution in [3.63, 3.8) is 0 Å². The molecule has 2 aromatic carbocycles. The molecule has 1 heterocycles. The van der Waals surface area contributed by atoms with E-state index in [4.69, 9.17) is 21.0 Å². The molecule has 0 saturated carbocycles. The van der Waals surface area contributed by atoms with Gasteiger partial charge in [-0.15, -0.1) is 18.3 Å². The SMILES string of the molecule is C=C.COc1cc(CCC#N)cc(C)c1Nc1nc(Nc2ccc(C#N)cc2)c(=O)n(CN)n1.